The SMILES string of the molecule is Cc1ccc2c(C)c3c(c(CC(C)(C)C)c2c1)Sc1cc2cccc(CC(C)(C)C)c2c2cc[n+](C)c-3c12. The minimum absolute atomic E-state index is 0.194. The van der Waals surface area contributed by atoms with Crippen molar-refractivity contribution in [1.29, 1.82) is 0 Å². The summed E-state index contributed by atoms with van der Waals surface area (Å²) in [6, 6.07) is 18.8. The first kappa shape index (κ1) is 25.4. The number of rotatable bonds is 2. The van der Waals surface area contributed by atoms with Crippen molar-refractivity contribution in [3.05, 3.63) is 77.0 Å². The molecule has 0 N–H and O–H groups in total. The van der Waals surface area contributed by atoms with Crippen LogP contribution in [0.3, 0.4) is 0 Å². The van der Waals surface area contributed by atoms with Crippen LogP contribution in [-0.4, -0.2) is 0 Å². The van der Waals surface area contributed by atoms with Crippen LogP contribution in [0.1, 0.15) is 63.8 Å². The number of nitrogens with zero attached hydrogens (tertiary/aromatic N) is 1. The summed E-state index contributed by atoms with van der Waals surface area (Å²) in [7, 11) is 2.23. The van der Waals surface area contributed by atoms with Gasteiger partial charge in [0.05, 0.1) is 10.9 Å². The largest absolute Gasteiger partial charge is 0.222 e. The van der Waals surface area contributed by atoms with Crippen LogP contribution in [0.5, 0.6) is 0 Å². The van der Waals surface area contributed by atoms with E-state index in [1.54, 1.807) is 0 Å². The second-order valence-electron chi connectivity index (χ2n) is 13.9. The lowest BCUT2D eigenvalue weighted by Crippen LogP contribution is -2.32. The Hall–Kier alpha value is -2.84. The van der Waals surface area contributed by atoms with Gasteiger partial charge in [0, 0.05) is 21.2 Å². The Bertz CT molecular complexity index is 1780. The van der Waals surface area contributed by atoms with E-state index in [1.807, 2.05) is 11.8 Å². The van der Waals surface area contributed by atoms with Crippen LogP contribution in [0.2, 0.25) is 0 Å². The molecule has 6 rings (SSSR count). The van der Waals surface area contributed by atoms with Gasteiger partial charge in [0.1, 0.15) is 7.05 Å². The molecule has 0 saturated carbocycles. The first-order valence-corrected chi connectivity index (χ1v) is 14.7. The normalized spacial score (nSPS) is 13.5. The van der Waals surface area contributed by atoms with Crippen molar-refractivity contribution in [2.24, 2.45) is 17.9 Å². The highest BCUT2D eigenvalue weighted by atomic mass is 32.2. The van der Waals surface area contributed by atoms with E-state index in [9.17, 15) is 0 Å². The molecule has 1 aromatic heterocycles. The fourth-order valence-corrected chi connectivity index (χ4v) is 7.89. The predicted octanol–water partition coefficient (Wildman–Crippen LogP) is 9.90. The van der Waals surface area contributed by atoms with E-state index in [0.717, 1.165) is 12.8 Å². The molecule has 0 fully saturated rings. The van der Waals surface area contributed by atoms with Crippen molar-refractivity contribution in [2.45, 2.75) is 78.0 Å². The maximum Gasteiger partial charge on any atom is 0.222 e. The summed E-state index contributed by atoms with van der Waals surface area (Å²) in [6.45, 7) is 18.7. The Kier molecular flexibility index (Phi) is 5.74. The Labute approximate surface area is 232 Å². The molecular formula is C36H40NS+. The summed E-state index contributed by atoms with van der Waals surface area (Å²) in [5.74, 6) is 0. The maximum absolute atomic E-state index is 2.47. The van der Waals surface area contributed by atoms with E-state index in [0.29, 0.717) is 0 Å². The number of pyridine rings is 1. The number of fused-ring (bicyclic) bond motifs is 5. The molecule has 0 saturated heterocycles. The van der Waals surface area contributed by atoms with E-state index in [-0.39, 0.29) is 10.8 Å². The molecule has 5 aromatic rings. The summed E-state index contributed by atoms with van der Waals surface area (Å²) in [5, 5.41) is 8.41. The van der Waals surface area contributed by atoms with Crippen LogP contribution in [0.15, 0.2) is 64.5 Å². The number of aryl methyl sites for hydroxylation is 3. The predicted molar refractivity (Wildman–Crippen MR) is 165 cm³/mol. The van der Waals surface area contributed by atoms with Gasteiger partial charge in [0.2, 0.25) is 5.69 Å². The van der Waals surface area contributed by atoms with Crippen LogP contribution < -0.4 is 4.57 Å². The third-order valence-corrected chi connectivity index (χ3v) is 9.16. The van der Waals surface area contributed by atoms with Crippen LogP contribution >= 0.6 is 11.8 Å². The van der Waals surface area contributed by atoms with Gasteiger partial charge < -0.3 is 0 Å². The highest BCUT2D eigenvalue weighted by molar-refractivity contribution is 8.00. The van der Waals surface area contributed by atoms with Gasteiger partial charge in [-0.1, -0.05) is 95.3 Å². The van der Waals surface area contributed by atoms with E-state index < -0.39 is 0 Å². The fraction of sp³-hybridized carbons (Fsp3) is 0.361. The third kappa shape index (κ3) is 4.13. The summed E-state index contributed by atoms with van der Waals surface area (Å²) in [5.41, 5.74) is 8.92. The highest BCUT2D eigenvalue weighted by Crippen LogP contribution is 2.53. The maximum atomic E-state index is 2.47. The fourth-order valence-electron chi connectivity index (χ4n) is 6.52. The Morgan fingerprint density at radius 2 is 1.50 bits per heavy atom. The van der Waals surface area contributed by atoms with E-state index in [1.165, 1.54) is 75.6 Å². The van der Waals surface area contributed by atoms with Crippen LogP contribution in [0.4, 0.5) is 0 Å². The Morgan fingerprint density at radius 1 is 0.763 bits per heavy atom. The van der Waals surface area contributed by atoms with Gasteiger partial charge in [-0.25, -0.2) is 4.57 Å². The minimum atomic E-state index is 0.194. The van der Waals surface area contributed by atoms with Crippen LogP contribution in [0, 0.1) is 24.7 Å². The van der Waals surface area contributed by atoms with Gasteiger partial charge in [0.25, 0.3) is 0 Å². The van der Waals surface area contributed by atoms with Gasteiger partial charge in [0.15, 0.2) is 6.20 Å². The molecule has 0 unspecified atom stereocenters. The summed E-state index contributed by atoms with van der Waals surface area (Å²) in [4.78, 5) is 2.84. The number of benzene rings is 4. The average Bonchev–Trinajstić information content (AvgIpc) is 2.81. The van der Waals surface area contributed by atoms with Crippen molar-refractivity contribution < 1.29 is 4.57 Å². The lowest BCUT2D eigenvalue weighted by atomic mass is 9.82. The summed E-state index contributed by atoms with van der Waals surface area (Å²) in [6.07, 6.45) is 4.41. The molecule has 0 atom stereocenters. The molecule has 1 nitrogen and oxygen atoms in total. The second kappa shape index (κ2) is 8.58. The molecule has 0 radical (unpaired) electrons. The van der Waals surface area contributed by atoms with E-state index in [2.05, 4.69) is 122 Å². The zero-order valence-corrected chi connectivity index (χ0v) is 25.3. The Balaban J connectivity index is 1.77. The molecule has 38 heavy (non-hydrogen) atoms. The molecule has 1 aliphatic rings. The zero-order valence-electron chi connectivity index (χ0n) is 24.5. The Morgan fingerprint density at radius 3 is 2.21 bits per heavy atom. The summed E-state index contributed by atoms with van der Waals surface area (Å²) < 4.78 is 2.37. The van der Waals surface area contributed by atoms with Crippen molar-refractivity contribution in [3.8, 4) is 11.3 Å². The molecular weight excluding hydrogens is 478 g/mol. The minimum Gasteiger partial charge on any atom is -0.200 e. The monoisotopic (exact) mass is 518 g/mol. The number of hydrogen-bond acceptors (Lipinski definition) is 1. The van der Waals surface area contributed by atoms with Crippen molar-refractivity contribution in [1.82, 2.24) is 0 Å². The lowest BCUT2D eigenvalue weighted by molar-refractivity contribution is -0.659. The van der Waals surface area contributed by atoms with Gasteiger partial charge >= 0.3 is 0 Å². The molecule has 0 amide bonds. The van der Waals surface area contributed by atoms with Crippen molar-refractivity contribution in [2.75, 3.05) is 0 Å². The molecule has 2 heteroatoms. The number of hydrogen-bond donors (Lipinski definition) is 0. The first-order valence-electron chi connectivity index (χ1n) is 13.9. The molecule has 194 valence electrons. The van der Waals surface area contributed by atoms with Crippen molar-refractivity contribution >= 4 is 44.1 Å². The van der Waals surface area contributed by atoms with E-state index >= 15 is 0 Å². The lowest BCUT2D eigenvalue weighted by Gasteiger charge is -2.28. The van der Waals surface area contributed by atoms with Crippen LogP contribution in [-0.2, 0) is 19.9 Å². The van der Waals surface area contributed by atoms with Gasteiger partial charge in [-0.3, -0.25) is 0 Å². The molecule has 0 spiro atoms. The van der Waals surface area contributed by atoms with Gasteiger partial charge in [-0.15, -0.1) is 0 Å². The number of aromatic nitrogens is 1. The third-order valence-electron chi connectivity index (χ3n) is 7.97. The highest BCUT2D eigenvalue weighted by Gasteiger charge is 2.33. The van der Waals surface area contributed by atoms with Gasteiger partial charge in [-0.05, 0) is 81.8 Å². The first-order chi connectivity index (χ1) is 17.8. The van der Waals surface area contributed by atoms with Crippen molar-refractivity contribution in [3.63, 3.8) is 0 Å². The quantitative estimate of drug-likeness (QED) is 0.163. The molecule has 0 bridgehead atoms. The zero-order chi connectivity index (χ0) is 27.1. The summed E-state index contributed by atoms with van der Waals surface area (Å²) >= 11 is 2.01. The second-order valence-corrected chi connectivity index (χ2v) is 14.9. The molecule has 4 aromatic carbocycles. The molecule has 0 aliphatic carbocycles. The van der Waals surface area contributed by atoms with Crippen LogP contribution in [0.25, 0.3) is 43.6 Å². The molecule has 2 heterocycles. The standard InChI is InChI=1S/C36H40NS/c1-21-13-14-25-22(2)30-33-32-26(15-16-37(33)9)31-23(11-10-12-24(31)19-35(3,4)5)18-29(32)38-34(30)28(27(25)17-21)20-36(6,7)8/h10-18H,19-20H2,1-9H3/q+1. The molecule has 1 aliphatic heterocycles. The van der Waals surface area contributed by atoms with Gasteiger partial charge in [-0.2, -0.15) is 0 Å². The smallest absolute Gasteiger partial charge is 0.200 e. The van der Waals surface area contributed by atoms with E-state index in [4.69, 9.17) is 0 Å². The topological polar surface area (TPSA) is 3.88 Å². The average molecular weight is 519 g/mol.